The predicted octanol–water partition coefficient (Wildman–Crippen LogP) is 1.56. The Bertz CT molecular complexity index is 806. The molecule has 140 valence electrons. The lowest BCUT2D eigenvalue weighted by Gasteiger charge is -2.27. The molecule has 1 aromatic heterocycles. The highest BCUT2D eigenvalue weighted by molar-refractivity contribution is 8.00. The van der Waals surface area contributed by atoms with Crippen molar-refractivity contribution in [2.75, 3.05) is 38.4 Å². The number of ether oxygens (including phenoxy) is 2. The third-order valence-electron chi connectivity index (χ3n) is 4.03. The van der Waals surface area contributed by atoms with Gasteiger partial charge in [-0.15, -0.1) is 16.9 Å². The first kappa shape index (κ1) is 19.2. The Labute approximate surface area is 165 Å². The molecule has 0 bridgehead atoms. The van der Waals surface area contributed by atoms with E-state index < -0.39 is 0 Å². The van der Waals surface area contributed by atoms with Crippen molar-refractivity contribution in [3.05, 3.63) is 28.2 Å². The summed E-state index contributed by atoms with van der Waals surface area (Å²) in [7, 11) is 3.08. The monoisotopic (exact) mass is 413 g/mol. The summed E-state index contributed by atoms with van der Waals surface area (Å²) in [5.41, 5.74) is 0.925. The van der Waals surface area contributed by atoms with Crippen molar-refractivity contribution in [3.8, 4) is 5.75 Å². The number of esters is 1. The molecule has 1 aliphatic heterocycles. The molecule has 3 rings (SSSR count). The molecule has 0 aliphatic carbocycles. The normalized spacial score (nSPS) is 19.8. The molecule has 1 fully saturated rings. The number of nitrogens with zero attached hydrogens (tertiary/aromatic N) is 2. The smallest absolute Gasteiger partial charge is 0.324 e. The van der Waals surface area contributed by atoms with Crippen LogP contribution in [0.3, 0.4) is 0 Å². The maximum Gasteiger partial charge on any atom is 0.324 e. The van der Waals surface area contributed by atoms with Gasteiger partial charge in [-0.05, 0) is 36.5 Å². The van der Waals surface area contributed by atoms with Crippen molar-refractivity contribution < 1.29 is 19.2 Å². The zero-order valence-corrected chi connectivity index (χ0v) is 17.0. The quantitative estimate of drug-likeness (QED) is 0.550. The van der Waals surface area contributed by atoms with Crippen LogP contribution < -0.4 is 15.0 Å². The number of thioether (sulfide) groups is 1. The van der Waals surface area contributed by atoms with Gasteiger partial charge >= 0.3 is 5.97 Å². The van der Waals surface area contributed by atoms with Crippen LogP contribution in [-0.4, -0.2) is 54.1 Å². The van der Waals surface area contributed by atoms with Crippen LogP contribution in [0.15, 0.2) is 24.3 Å². The van der Waals surface area contributed by atoms with Crippen molar-refractivity contribution in [1.82, 2.24) is 9.78 Å². The molecule has 0 saturated carbocycles. The van der Waals surface area contributed by atoms with Gasteiger partial charge in [-0.2, -0.15) is 4.68 Å². The Morgan fingerprint density at radius 3 is 2.88 bits per heavy atom. The summed E-state index contributed by atoms with van der Waals surface area (Å²) < 4.78 is 12.6. The first-order chi connectivity index (χ1) is 12.6. The Kier molecular flexibility index (Phi) is 6.52. The zero-order valence-electron chi connectivity index (χ0n) is 14.6. The van der Waals surface area contributed by atoms with Crippen LogP contribution in [0.4, 0.5) is 10.8 Å². The molecule has 1 aromatic carbocycles. The highest BCUT2D eigenvalue weighted by atomic mass is 32.2. The number of aromatic nitrogens is 2. The van der Waals surface area contributed by atoms with Gasteiger partial charge in [-0.1, -0.05) is 11.3 Å². The lowest BCUT2D eigenvalue weighted by molar-refractivity contribution is -0.921. The minimum absolute atomic E-state index is 0.117. The number of rotatable bonds is 6. The number of hydrogen-bond donors (Lipinski definition) is 2. The van der Waals surface area contributed by atoms with Crippen LogP contribution in [0.25, 0.3) is 0 Å². The summed E-state index contributed by atoms with van der Waals surface area (Å²) in [5, 5.41) is 8.47. The third kappa shape index (κ3) is 4.76. The minimum atomic E-state index is -0.157. The number of nitrogens with one attached hydrogen (secondary N) is 2. The molecular weight excluding hydrogens is 392 g/mol. The zero-order chi connectivity index (χ0) is 18.5. The summed E-state index contributed by atoms with van der Waals surface area (Å²) in [4.78, 5) is 13.0. The van der Waals surface area contributed by atoms with Gasteiger partial charge in [-0.3, -0.25) is 4.79 Å². The molecule has 10 heteroatoms. The fourth-order valence-corrected chi connectivity index (χ4v) is 4.96. The second-order valence-corrected chi connectivity index (χ2v) is 8.70. The number of anilines is 2. The second kappa shape index (κ2) is 8.85. The standard InChI is InChI=1S/C16H20N4O3S3/c1-22-12-5-3-11(4-6-12)17-15-18-20(16(24)26-15)10-19-7-8-25-13(9-19)14(21)23-2/h3-6,13H,7-10H2,1-2H3,(H,17,18)/p+1/t13-/m0/s1. The molecule has 1 saturated heterocycles. The van der Waals surface area contributed by atoms with E-state index in [1.54, 1.807) is 18.9 Å². The Morgan fingerprint density at radius 1 is 1.42 bits per heavy atom. The predicted molar refractivity (Wildman–Crippen MR) is 106 cm³/mol. The summed E-state index contributed by atoms with van der Waals surface area (Å²) in [6.07, 6.45) is 0. The van der Waals surface area contributed by atoms with E-state index in [0.717, 1.165) is 35.4 Å². The Hall–Kier alpha value is -1.62. The maximum atomic E-state index is 11.8. The van der Waals surface area contributed by atoms with Gasteiger partial charge in [-0.25, -0.2) is 0 Å². The van der Waals surface area contributed by atoms with Crippen LogP contribution in [-0.2, 0) is 16.2 Å². The van der Waals surface area contributed by atoms with E-state index in [1.165, 1.54) is 23.3 Å². The number of hydrogen-bond acceptors (Lipinski definition) is 8. The fraction of sp³-hybridized carbons (Fsp3) is 0.438. The fourth-order valence-electron chi connectivity index (χ4n) is 2.66. The second-order valence-electron chi connectivity index (χ2n) is 5.77. The van der Waals surface area contributed by atoms with Crippen LogP contribution in [0.2, 0.25) is 0 Å². The molecule has 2 atom stereocenters. The van der Waals surface area contributed by atoms with E-state index in [4.69, 9.17) is 21.7 Å². The molecule has 1 aliphatic rings. The summed E-state index contributed by atoms with van der Waals surface area (Å²) in [6.45, 7) is 2.34. The molecule has 2 heterocycles. The van der Waals surface area contributed by atoms with Crippen molar-refractivity contribution in [2.45, 2.75) is 11.9 Å². The lowest BCUT2D eigenvalue weighted by Crippen LogP contribution is -3.14. The highest BCUT2D eigenvalue weighted by Gasteiger charge is 2.30. The van der Waals surface area contributed by atoms with Crippen molar-refractivity contribution in [1.29, 1.82) is 0 Å². The van der Waals surface area contributed by atoms with Gasteiger partial charge in [0.05, 0.1) is 20.8 Å². The molecule has 2 N–H and O–H groups in total. The van der Waals surface area contributed by atoms with Gasteiger partial charge in [0.15, 0.2) is 15.9 Å². The molecule has 0 radical (unpaired) electrons. The van der Waals surface area contributed by atoms with E-state index in [2.05, 4.69) is 10.4 Å². The van der Waals surface area contributed by atoms with E-state index in [1.807, 2.05) is 28.9 Å². The van der Waals surface area contributed by atoms with E-state index in [0.29, 0.717) is 10.6 Å². The van der Waals surface area contributed by atoms with Gasteiger partial charge in [0.25, 0.3) is 0 Å². The Morgan fingerprint density at radius 2 is 2.19 bits per heavy atom. The van der Waals surface area contributed by atoms with E-state index in [9.17, 15) is 4.79 Å². The third-order valence-corrected chi connectivity index (χ3v) is 6.46. The average Bonchev–Trinajstić information content (AvgIpc) is 3.00. The highest BCUT2D eigenvalue weighted by Crippen LogP contribution is 2.22. The van der Waals surface area contributed by atoms with Crippen LogP contribution >= 0.6 is 35.3 Å². The molecular formula is C16H21N4O3S3+. The van der Waals surface area contributed by atoms with Crippen LogP contribution in [0.1, 0.15) is 0 Å². The number of benzene rings is 1. The van der Waals surface area contributed by atoms with E-state index in [-0.39, 0.29) is 11.2 Å². The summed E-state index contributed by atoms with van der Waals surface area (Å²) >= 11 is 8.54. The number of carbonyl (C=O) groups is 1. The topological polar surface area (TPSA) is 69.8 Å². The van der Waals surface area contributed by atoms with Crippen molar-refractivity contribution in [3.63, 3.8) is 0 Å². The van der Waals surface area contributed by atoms with E-state index >= 15 is 0 Å². The number of methoxy groups -OCH3 is 2. The molecule has 1 unspecified atom stereocenters. The number of carbonyl (C=O) groups excluding carboxylic acids is 1. The van der Waals surface area contributed by atoms with Crippen molar-refractivity contribution >= 4 is 52.1 Å². The SMILES string of the molecule is COC(=O)[C@@H]1C[NH+](Cn2nc(Nc3ccc(OC)cc3)sc2=S)CCS1. The lowest BCUT2D eigenvalue weighted by atomic mass is 10.3. The minimum Gasteiger partial charge on any atom is -0.497 e. The largest absolute Gasteiger partial charge is 0.497 e. The van der Waals surface area contributed by atoms with Crippen LogP contribution in [0, 0.1) is 3.95 Å². The molecule has 26 heavy (non-hydrogen) atoms. The van der Waals surface area contributed by atoms with Gasteiger partial charge in [0, 0.05) is 11.4 Å². The molecule has 2 aromatic rings. The molecule has 0 spiro atoms. The van der Waals surface area contributed by atoms with Gasteiger partial charge in [0.2, 0.25) is 5.13 Å². The average molecular weight is 414 g/mol. The Balaban J connectivity index is 1.64. The first-order valence-corrected chi connectivity index (χ1v) is 10.4. The maximum absolute atomic E-state index is 11.8. The van der Waals surface area contributed by atoms with Crippen molar-refractivity contribution in [2.24, 2.45) is 0 Å². The summed E-state index contributed by atoms with van der Waals surface area (Å²) in [5.74, 6) is 1.57. The van der Waals surface area contributed by atoms with Crippen LogP contribution in [0.5, 0.6) is 5.75 Å². The van der Waals surface area contributed by atoms with Gasteiger partial charge < -0.3 is 19.7 Å². The summed E-state index contributed by atoms with van der Waals surface area (Å²) in [6, 6.07) is 7.64. The molecule has 7 nitrogen and oxygen atoms in total. The first-order valence-electron chi connectivity index (χ1n) is 8.11. The molecule has 0 amide bonds. The number of quaternary nitrogens is 1. The van der Waals surface area contributed by atoms with Gasteiger partial charge in [0.1, 0.15) is 12.3 Å².